The summed E-state index contributed by atoms with van der Waals surface area (Å²) in [5.74, 6) is 2.39. The van der Waals surface area contributed by atoms with Gasteiger partial charge in [0, 0.05) is 43.8 Å². The second-order valence-electron chi connectivity index (χ2n) is 9.79. The number of nitrogens with zero attached hydrogens (tertiary/aromatic N) is 6. The summed E-state index contributed by atoms with van der Waals surface area (Å²) in [5, 5.41) is 3.82. The molecule has 0 radical (unpaired) electrons. The van der Waals surface area contributed by atoms with E-state index in [9.17, 15) is 0 Å². The molecule has 5 heterocycles. The fraction of sp³-hybridized carbons (Fsp3) is 0. The fourth-order valence-electron chi connectivity index (χ4n) is 5.59. The number of aromatic nitrogens is 8. The Bertz CT molecular complexity index is 2050. The van der Waals surface area contributed by atoms with Crippen LogP contribution in [-0.4, -0.2) is 39.9 Å². The SMILES string of the molecule is [Br-].[Br-].[Br-].[Co+3].c1ccc2c(c1)-c1nc-2nc2[nH]c(nc3nc(nc4[nH]c(n1)c1ccccc41)-c1ccccc1-3)c1ccccc21. The van der Waals surface area contributed by atoms with Crippen molar-refractivity contribution in [2.75, 3.05) is 0 Å². The topological polar surface area (TPSA) is 109 Å². The number of halogens is 3. The van der Waals surface area contributed by atoms with Crippen molar-refractivity contribution in [2.24, 2.45) is 0 Å². The second kappa shape index (κ2) is 12.3. The number of aromatic amines is 2. The molecule has 3 aromatic heterocycles. The van der Waals surface area contributed by atoms with Gasteiger partial charge in [-0.3, -0.25) is 0 Å². The molecule has 0 atom stereocenters. The zero-order valence-corrected chi connectivity index (χ0v) is 28.2. The number of hydrogen-bond acceptors (Lipinski definition) is 6. The summed E-state index contributed by atoms with van der Waals surface area (Å²) in [5.41, 5.74) is 6.45. The van der Waals surface area contributed by atoms with Crippen molar-refractivity contribution in [1.82, 2.24) is 39.9 Å². The molecule has 4 aromatic carbocycles. The summed E-state index contributed by atoms with van der Waals surface area (Å²) in [6, 6.07) is 32.2. The van der Waals surface area contributed by atoms with Crippen molar-refractivity contribution >= 4 is 44.1 Å². The van der Waals surface area contributed by atoms with E-state index >= 15 is 0 Å². The number of nitrogens with one attached hydrogen (secondary N) is 2. The summed E-state index contributed by atoms with van der Waals surface area (Å²) >= 11 is 0. The number of H-pyrrole nitrogens is 2. The first kappa shape index (κ1) is 31.6. The minimum absolute atomic E-state index is 0. The molecule has 0 saturated carbocycles. The van der Waals surface area contributed by atoms with Gasteiger partial charge in [0.2, 0.25) is 0 Å². The Hall–Kier alpha value is -3.81. The molecule has 2 N–H and O–H groups in total. The maximum absolute atomic E-state index is 5.02. The number of benzene rings is 4. The maximum atomic E-state index is 5.02. The zero-order valence-electron chi connectivity index (χ0n) is 22.4. The van der Waals surface area contributed by atoms with Crippen LogP contribution in [0.25, 0.3) is 89.7 Å². The molecular weight excluding hydrogens is 795 g/mol. The summed E-state index contributed by atoms with van der Waals surface area (Å²) in [7, 11) is 0. The number of hydrogen-bond donors (Lipinski definition) is 2. The van der Waals surface area contributed by atoms with E-state index in [4.69, 9.17) is 29.9 Å². The van der Waals surface area contributed by atoms with Crippen LogP contribution in [0.5, 0.6) is 0 Å². The molecule has 216 valence electrons. The first-order valence-electron chi connectivity index (χ1n) is 13.0. The first-order chi connectivity index (χ1) is 19.8. The van der Waals surface area contributed by atoms with Crippen LogP contribution >= 0.6 is 0 Å². The average molecular weight is 813 g/mol. The molecule has 2 aliphatic rings. The Morgan fingerprint density at radius 2 is 0.545 bits per heavy atom. The van der Waals surface area contributed by atoms with Gasteiger partial charge < -0.3 is 60.9 Å². The minimum Gasteiger partial charge on any atom is -1.00 e. The molecule has 0 saturated heterocycles. The van der Waals surface area contributed by atoms with E-state index in [0.29, 0.717) is 45.9 Å². The Kier molecular flexibility index (Phi) is 8.83. The van der Waals surface area contributed by atoms with Gasteiger partial charge in [-0.15, -0.1) is 0 Å². The van der Waals surface area contributed by atoms with Gasteiger partial charge in [-0.05, 0) is 0 Å². The smallest absolute Gasteiger partial charge is 1.00 e. The third kappa shape index (κ3) is 4.86. The molecule has 0 spiro atoms. The quantitative estimate of drug-likeness (QED) is 0.182. The number of rotatable bonds is 0. The predicted molar refractivity (Wildman–Crippen MR) is 156 cm³/mol. The molecule has 8 nitrogen and oxygen atoms in total. The van der Waals surface area contributed by atoms with Crippen LogP contribution in [-0.2, 0) is 16.8 Å². The Morgan fingerprint density at radius 1 is 0.318 bits per heavy atom. The maximum Gasteiger partial charge on any atom is 3.00 e. The van der Waals surface area contributed by atoms with Gasteiger partial charge in [-0.25, -0.2) is 29.9 Å². The third-order valence-corrected chi connectivity index (χ3v) is 7.46. The van der Waals surface area contributed by atoms with Crippen LogP contribution in [0, 0.1) is 0 Å². The molecule has 12 heteroatoms. The number of fused-ring (bicyclic) bond motifs is 20. The summed E-state index contributed by atoms with van der Waals surface area (Å²) < 4.78 is 0. The largest absolute Gasteiger partial charge is 3.00 e. The molecule has 9 rings (SSSR count). The van der Waals surface area contributed by atoms with Crippen LogP contribution in [0.1, 0.15) is 0 Å². The van der Waals surface area contributed by atoms with Gasteiger partial charge in [0.1, 0.15) is 22.6 Å². The third-order valence-electron chi connectivity index (χ3n) is 7.46. The van der Waals surface area contributed by atoms with Crippen molar-refractivity contribution in [3.8, 4) is 45.6 Å². The summed E-state index contributed by atoms with van der Waals surface area (Å²) in [6.45, 7) is 0. The van der Waals surface area contributed by atoms with Crippen LogP contribution in [0.15, 0.2) is 97.1 Å². The monoisotopic (exact) mass is 810 g/mol. The molecule has 7 aromatic rings. The molecule has 0 fully saturated rings. The van der Waals surface area contributed by atoms with Crippen molar-refractivity contribution in [3.05, 3.63) is 97.1 Å². The Balaban J connectivity index is 0.000000960. The van der Waals surface area contributed by atoms with Gasteiger partial charge in [0.25, 0.3) is 0 Å². The van der Waals surface area contributed by atoms with Crippen LogP contribution in [0.2, 0.25) is 0 Å². The van der Waals surface area contributed by atoms with Crippen LogP contribution < -0.4 is 50.9 Å². The Labute approximate surface area is 292 Å². The first-order valence-corrected chi connectivity index (χ1v) is 13.0. The van der Waals surface area contributed by atoms with Crippen LogP contribution in [0.3, 0.4) is 0 Å². The van der Waals surface area contributed by atoms with Crippen molar-refractivity contribution in [3.63, 3.8) is 0 Å². The molecule has 0 amide bonds. The van der Waals surface area contributed by atoms with E-state index < -0.39 is 0 Å². The molecule has 0 unspecified atom stereocenters. The average Bonchev–Trinajstić information content (AvgIpc) is 3.73. The van der Waals surface area contributed by atoms with E-state index in [1.807, 2.05) is 97.1 Å². The van der Waals surface area contributed by atoms with E-state index in [-0.39, 0.29) is 67.7 Å². The van der Waals surface area contributed by atoms with Gasteiger partial charge in [0.15, 0.2) is 23.3 Å². The van der Waals surface area contributed by atoms with Gasteiger partial charge in [-0.1, -0.05) is 97.1 Å². The summed E-state index contributed by atoms with van der Waals surface area (Å²) in [4.78, 5) is 36.8. The van der Waals surface area contributed by atoms with E-state index in [1.165, 1.54) is 0 Å². The molecule has 44 heavy (non-hydrogen) atoms. The Morgan fingerprint density at radius 3 is 0.795 bits per heavy atom. The minimum atomic E-state index is 0. The molecular formula is C32H18Br3CoN8. The van der Waals surface area contributed by atoms with Crippen molar-refractivity contribution in [2.45, 2.75) is 0 Å². The van der Waals surface area contributed by atoms with E-state index in [2.05, 4.69) is 9.97 Å². The van der Waals surface area contributed by atoms with Crippen LogP contribution in [0.4, 0.5) is 0 Å². The zero-order chi connectivity index (χ0) is 26.2. The van der Waals surface area contributed by atoms with Gasteiger partial charge in [0.05, 0.1) is 0 Å². The van der Waals surface area contributed by atoms with Crippen molar-refractivity contribution < 1.29 is 67.7 Å². The van der Waals surface area contributed by atoms with Crippen molar-refractivity contribution in [1.29, 1.82) is 0 Å². The predicted octanol–water partition coefficient (Wildman–Crippen LogP) is -2.12. The molecule has 0 aliphatic carbocycles. The summed E-state index contributed by atoms with van der Waals surface area (Å²) in [6.07, 6.45) is 0. The standard InChI is InChI=1S/C32H18N8.3BrH.Co/c1-2-10-18-17(9-1)25-33-26(18)38-28-21-13-5-6-14-22(21)30(35-28)40-32-24-16-8-7-15-23(24)31(36-32)39-29-20-12-4-3-11-19(20)27(34-29)37-25;;;;/h1-16H,(H2,33,34,35,36,37,38,39,40);3*1H;/q;;;;+3/p-3. The molecule has 8 bridgehead atoms. The normalized spacial score (nSPS) is 10.9. The van der Waals surface area contributed by atoms with Gasteiger partial charge >= 0.3 is 16.8 Å². The molecule has 2 aliphatic heterocycles. The second-order valence-corrected chi connectivity index (χ2v) is 9.79. The van der Waals surface area contributed by atoms with Gasteiger partial charge in [-0.2, -0.15) is 0 Å². The van der Waals surface area contributed by atoms with E-state index in [1.54, 1.807) is 0 Å². The fourth-order valence-corrected chi connectivity index (χ4v) is 5.59. The van der Waals surface area contributed by atoms with E-state index in [0.717, 1.165) is 43.8 Å².